The van der Waals surface area contributed by atoms with E-state index in [9.17, 15) is 14.4 Å². The van der Waals surface area contributed by atoms with Crippen molar-refractivity contribution in [3.8, 4) is 11.4 Å². The third-order valence-electron chi connectivity index (χ3n) is 4.66. The van der Waals surface area contributed by atoms with Gasteiger partial charge in [-0.15, -0.1) is 0 Å². The minimum Gasteiger partial charge on any atom is -0.495 e. The monoisotopic (exact) mass is 393 g/mol. The van der Waals surface area contributed by atoms with Gasteiger partial charge in [-0.05, 0) is 44.0 Å². The fourth-order valence-corrected chi connectivity index (χ4v) is 3.36. The number of rotatable bonds is 5. The number of anilines is 1. The molecule has 0 saturated heterocycles. The predicted molar refractivity (Wildman–Crippen MR) is 112 cm³/mol. The molecule has 1 aromatic heterocycles. The van der Waals surface area contributed by atoms with Gasteiger partial charge in [0, 0.05) is 18.1 Å². The highest BCUT2D eigenvalue weighted by Crippen LogP contribution is 2.22. The predicted octanol–water partition coefficient (Wildman–Crippen LogP) is 2.57. The molecule has 0 aliphatic heterocycles. The van der Waals surface area contributed by atoms with Crippen LogP contribution in [0.5, 0.6) is 5.75 Å². The lowest BCUT2D eigenvalue weighted by Gasteiger charge is -2.14. The number of ether oxygens (including phenoxy) is 1. The lowest BCUT2D eigenvalue weighted by molar-refractivity contribution is -0.116. The molecule has 0 spiro atoms. The molecule has 0 aliphatic rings. The van der Waals surface area contributed by atoms with E-state index >= 15 is 0 Å². The SMILES string of the molecule is COc1ccccc1-n1ccn(CC(=O)Nc2c(C)cc(C)cc2C)c(=O)c1=O. The number of carbonyl (C=O) groups is 1. The van der Waals surface area contributed by atoms with Gasteiger partial charge in [-0.3, -0.25) is 23.5 Å². The van der Waals surface area contributed by atoms with Crippen molar-refractivity contribution in [2.45, 2.75) is 27.3 Å². The number of hydrogen-bond donors (Lipinski definition) is 1. The van der Waals surface area contributed by atoms with E-state index in [1.165, 1.54) is 24.1 Å². The molecule has 0 radical (unpaired) electrons. The van der Waals surface area contributed by atoms with Crippen molar-refractivity contribution in [1.82, 2.24) is 9.13 Å². The van der Waals surface area contributed by atoms with Crippen molar-refractivity contribution < 1.29 is 9.53 Å². The maximum Gasteiger partial charge on any atom is 0.321 e. The summed E-state index contributed by atoms with van der Waals surface area (Å²) in [6, 6.07) is 10.8. The fourth-order valence-electron chi connectivity index (χ4n) is 3.36. The van der Waals surface area contributed by atoms with Crippen LogP contribution < -0.4 is 21.2 Å². The van der Waals surface area contributed by atoms with Crippen LogP contribution in [0.1, 0.15) is 16.7 Å². The number of aryl methyl sites for hydroxylation is 3. The number of nitrogens with one attached hydrogen (secondary N) is 1. The first kappa shape index (κ1) is 20.1. The van der Waals surface area contributed by atoms with Gasteiger partial charge in [0.05, 0.1) is 12.8 Å². The van der Waals surface area contributed by atoms with Gasteiger partial charge in [0.1, 0.15) is 12.3 Å². The summed E-state index contributed by atoms with van der Waals surface area (Å²) in [6.45, 7) is 5.56. The van der Waals surface area contributed by atoms with Gasteiger partial charge in [-0.1, -0.05) is 29.8 Å². The molecular weight excluding hydrogens is 370 g/mol. The van der Waals surface area contributed by atoms with Crippen molar-refractivity contribution in [2.24, 2.45) is 0 Å². The van der Waals surface area contributed by atoms with Crippen LogP contribution in [0.15, 0.2) is 58.4 Å². The zero-order chi connectivity index (χ0) is 21.1. The first-order valence-electron chi connectivity index (χ1n) is 9.15. The number of aromatic nitrogens is 2. The zero-order valence-corrected chi connectivity index (χ0v) is 16.9. The van der Waals surface area contributed by atoms with Gasteiger partial charge in [0.15, 0.2) is 0 Å². The second-order valence-corrected chi connectivity index (χ2v) is 6.90. The topological polar surface area (TPSA) is 82.3 Å². The molecule has 2 aromatic carbocycles. The van der Waals surface area contributed by atoms with Crippen molar-refractivity contribution in [3.05, 3.63) is 86.2 Å². The Morgan fingerprint density at radius 2 is 1.66 bits per heavy atom. The second-order valence-electron chi connectivity index (χ2n) is 6.90. The van der Waals surface area contributed by atoms with Crippen molar-refractivity contribution >= 4 is 11.6 Å². The lowest BCUT2D eigenvalue weighted by atomic mass is 10.1. The molecule has 3 aromatic rings. The van der Waals surface area contributed by atoms with Crippen LogP contribution in [0.3, 0.4) is 0 Å². The van der Waals surface area contributed by atoms with Crippen molar-refractivity contribution in [2.75, 3.05) is 12.4 Å². The van der Waals surface area contributed by atoms with Gasteiger partial charge >= 0.3 is 11.1 Å². The highest BCUT2D eigenvalue weighted by molar-refractivity contribution is 5.92. The molecule has 0 atom stereocenters. The van der Waals surface area contributed by atoms with E-state index in [1.807, 2.05) is 32.9 Å². The molecule has 7 nitrogen and oxygen atoms in total. The molecule has 150 valence electrons. The van der Waals surface area contributed by atoms with Crippen LogP contribution >= 0.6 is 0 Å². The number of amides is 1. The molecule has 0 saturated carbocycles. The van der Waals surface area contributed by atoms with Gasteiger partial charge in [0.25, 0.3) is 0 Å². The molecule has 1 N–H and O–H groups in total. The minimum atomic E-state index is -0.786. The zero-order valence-electron chi connectivity index (χ0n) is 16.9. The molecule has 29 heavy (non-hydrogen) atoms. The Morgan fingerprint density at radius 1 is 1.00 bits per heavy atom. The largest absolute Gasteiger partial charge is 0.495 e. The average Bonchev–Trinajstić information content (AvgIpc) is 2.68. The first-order chi connectivity index (χ1) is 13.8. The Hall–Kier alpha value is -3.61. The first-order valence-corrected chi connectivity index (χ1v) is 9.15. The molecule has 3 rings (SSSR count). The van der Waals surface area contributed by atoms with Gasteiger partial charge < -0.3 is 10.1 Å². The van der Waals surface area contributed by atoms with Crippen LogP contribution in [0.25, 0.3) is 5.69 Å². The molecule has 0 unspecified atom stereocenters. The second kappa shape index (κ2) is 8.18. The summed E-state index contributed by atoms with van der Waals surface area (Å²) in [5.74, 6) is 0.0893. The van der Waals surface area contributed by atoms with Gasteiger partial charge in [-0.25, -0.2) is 0 Å². The van der Waals surface area contributed by atoms with E-state index in [4.69, 9.17) is 4.74 Å². The molecule has 0 aliphatic carbocycles. The highest BCUT2D eigenvalue weighted by atomic mass is 16.5. The number of para-hydroxylation sites is 2. The van der Waals surface area contributed by atoms with Crippen LogP contribution in [-0.4, -0.2) is 22.2 Å². The normalized spacial score (nSPS) is 10.6. The summed E-state index contributed by atoms with van der Waals surface area (Å²) >= 11 is 0. The molecular formula is C22H23N3O4. The summed E-state index contributed by atoms with van der Waals surface area (Å²) in [6.07, 6.45) is 2.88. The Bertz CT molecular complexity index is 1170. The smallest absolute Gasteiger partial charge is 0.321 e. The molecule has 0 bridgehead atoms. The quantitative estimate of drug-likeness (QED) is 0.676. The number of hydrogen-bond acceptors (Lipinski definition) is 4. The third kappa shape index (κ3) is 4.13. The number of benzene rings is 2. The van der Waals surface area contributed by atoms with Crippen LogP contribution in [0.4, 0.5) is 5.69 Å². The Balaban J connectivity index is 1.88. The molecule has 1 heterocycles. The van der Waals surface area contributed by atoms with Crippen LogP contribution in [-0.2, 0) is 11.3 Å². The minimum absolute atomic E-state index is 0.256. The Morgan fingerprint density at radius 3 is 2.31 bits per heavy atom. The van der Waals surface area contributed by atoms with Gasteiger partial charge in [0.2, 0.25) is 5.91 Å². The standard InChI is InChI=1S/C22H23N3O4/c1-14-11-15(2)20(16(3)12-14)23-19(26)13-24-9-10-25(22(28)21(24)27)17-7-5-6-8-18(17)29-4/h5-12H,13H2,1-4H3,(H,23,26). The molecule has 0 fully saturated rings. The van der Waals surface area contributed by atoms with Gasteiger partial charge in [-0.2, -0.15) is 0 Å². The number of nitrogens with zero attached hydrogens (tertiary/aromatic N) is 2. The average molecular weight is 393 g/mol. The molecule has 7 heteroatoms. The maximum atomic E-state index is 12.6. The van der Waals surface area contributed by atoms with E-state index in [0.29, 0.717) is 11.4 Å². The Labute approximate surface area is 168 Å². The summed E-state index contributed by atoms with van der Waals surface area (Å²) in [7, 11) is 1.49. The van der Waals surface area contributed by atoms with E-state index < -0.39 is 11.1 Å². The van der Waals surface area contributed by atoms with Crippen molar-refractivity contribution in [1.29, 1.82) is 0 Å². The molecule has 1 amide bonds. The summed E-state index contributed by atoms with van der Waals surface area (Å²) in [5.41, 5.74) is 2.62. The van der Waals surface area contributed by atoms with E-state index in [2.05, 4.69) is 5.32 Å². The van der Waals surface area contributed by atoms with E-state index in [1.54, 1.807) is 24.3 Å². The van der Waals surface area contributed by atoms with E-state index in [0.717, 1.165) is 26.9 Å². The van der Waals surface area contributed by atoms with Crippen LogP contribution in [0.2, 0.25) is 0 Å². The van der Waals surface area contributed by atoms with E-state index in [-0.39, 0.29) is 12.5 Å². The lowest BCUT2D eigenvalue weighted by Crippen LogP contribution is -2.41. The summed E-state index contributed by atoms with van der Waals surface area (Å²) in [4.78, 5) is 37.6. The highest BCUT2D eigenvalue weighted by Gasteiger charge is 2.14. The fraction of sp³-hybridized carbons (Fsp3) is 0.227. The summed E-state index contributed by atoms with van der Waals surface area (Å²) < 4.78 is 7.57. The maximum absolute atomic E-state index is 12.6. The number of carbonyl (C=O) groups excluding carboxylic acids is 1. The van der Waals surface area contributed by atoms with Crippen molar-refractivity contribution in [3.63, 3.8) is 0 Å². The van der Waals surface area contributed by atoms with Crippen LogP contribution in [0, 0.1) is 20.8 Å². The third-order valence-corrected chi connectivity index (χ3v) is 4.66. The Kier molecular flexibility index (Phi) is 5.68. The summed E-state index contributed by atoms with van der Waals surface area (Å²) in [5, 5.41) is 2.84. The number of methoxy groups -OCH3 is 1.